The minimum Gasteiger partial charge on any atom is -0.0622 e. The smallest absolute Gasteiger partial charge is 0.0307 e. The van der Waals surface area contributed by atoms with Crippen LogP contribution in [0.3, 0.4) is 0 Å². The second-order valence-corrected chi connectivity index (χ2v) is 3.92. The van der Waals surface area contributed by atoms with Gasteiger partial charge in [0.2, 0.25) is 0 Å². The summed E-state index contributed by atoms with van der Waals surface area (Å²) in [6.45, 7) is 6.40. The van der Waals surface area contributed by atoms with Gasteiger partial charge in [-0.15, -0.1) is 0 Å². The van der Waals surface area contributed by atoms with Gasteiger partial charge >= 0.3 is 0 Å². The Morgan fingerprint density at radius 1 is 0.688 bits per heavy atom. The van der Waals surface area contributed by atoms with Crippen LogP contribution in [-0.4, -0.2) is 0 Å². The lowest BCUT2D eigenvalue weighted by Gasteiger charge is -1.93. The molecule has 0 saturated carbocycles. The molecule has 0 aliphatic carbocycles. The lowest BCUT2D eigenvalue weighted by Crippen LogP contribution is -1.74. The van der Waals surface area contributed by atoms with Crippen LogP contribution in [0, 0.1) is 13.8 Å². The van der Waals surface area contributed by atoms with Crippen molar-refractivity contribution in [2.24, 2.45) is 0 Å². The summed E-state index contributed by atoms with van der Waals surface area (Å²) in [5, 5.41) is 0. The van der Waals surface area contributed by atoms with E-state index in [0.717, 1.165) is 6.42 Å². The average molecular weight is 212 g/mol. The van der Waals surface area contributed by atoms with Crippen LogP contribution in [0.2, 0.25) is 0 Å². The van der Waals surface area contributed by atoms with Gasteiger partial charge in [-0.1, -0.05) is 61.5 Å². The summed E-state index contributed by atoms with van der Waals surface area (Å²) in [4.78, 5) is 0. The molecule has 2 rings (SSSR count). The van der Waals surface area contributed by atoms with E-state index in [1.54, 1.807) is 0 Å². The molecule has 0 heteroatoms. The molecular formula is C16H20. The van der Waals surface area contributed by atoms with Crippen molar-refractivity contribution in [2.45, 2.75) is 27.2 Å². The molecule has 0 saturated heterocycles. The van der Waals surface area contributed by atoms with Gasteiger partial charge in [0.05, 0.1) is 0 Å². The third-order valence-corrected chi connectivity index (χ3v) is 2.68. The summed E-state index contributed by atoms with van der Waals surface area (Å²) < 4.78 is 0. The molecule has 0 heterocycles. The highest BCUT2D eigenvalue weighted by atomic mass is 13.9. The number of aryl methyl sites for hydroxylation is 3. The molecule has 0 bridgehead atoms. The van der Waals surface area contributed by atoms with E-state index in [4.69, 9.17) is 0 Å². The van der Waals surface area contributed by atoms with E-state index in [1.165, 1.54) is 16.7 Å². The van der Waals surface area contributed by atoms with Crippen LogP contribution < -0.4 is 0 Å². The van der Waals surface area contributed by atoms with Gasteiger partial charge in [-0.05, 0) is 37.0 Å². The summed E-state index contributed by atoms with van der Waals surface area (Å²) in [6, 6.07) is 18.8. The first-order chi connectivity index (χ1) is 7.74. The Bertz CT molecular complexity index is 380. The predicted octanol–water partition coefficient (Wildman–Crippen LogP) is 4.55. The minimum absolute atomic E-state index is 1.14. The van der Waals surface area contributed by atoms with Gasteiger partial charge in [-0.3, -0.25) is 0 Å². The second kappa shape index (κ2) is 6.84. The number of hydrogen-bond donors (Lipinski definition) is 0. The number of benzene rings is 2. The van der Waals surface area contributed by atoms with E-state index in [1.807, 2.05) is 6.07 Å². The van der Waals surface area contributed by atoms with Gasteiger partial charge < -0.3 is 0 Å². The highest BCUT2D eigenvalue weighted by Gasteiger charge is 1.83. The van der Waals surface area contributed by atoms with E-state index in [2.05, 4.69) is 69.3 Å². The van der Waals surface area contributed by atoms with E-state index < -0.39 is 0 Å². The molecule has 0 amide bonds. The predicted molar refractivity (Wildman–Crippen MR) is 71.7 cm³/mol. The number of hydrogen-bond acceptors (Lipinski definition) is 0. The standard InChI is InChI=1S/2C8H10/c1-7-5-3-4-6-8(7)2;1-2-8-6-4-3-5-7-8/h3-6H,1-2H3;3-7H,2H2,1H3. The van der Waals surface area contributed by atoms with Crippen LogP contribution in [0.5, 0.6) is 0 Å². The van der Waals surface area contributed by atoms with Crippen molar-refractivity contribution in [3.63, 3.8) is 0 Å². The van der Waals surface area contributed by atoms with Crippen LogP contribution in [-0.2, 0) is 6.42 Å². The molecular weight excluding hydrogens is 192 g/mol. The fourth-order valence-corrected chi connectivity index (χ4v) is 1.38. The number of rotatable bonds is 1. The summed E-state index contributed by atoms with van der Waals surface area (Å²) in [7, 11) is 0. The van der Waals surface area contributed by atoms with E-state index >= 15 is 0 Å². The average Bonchev–Trinajstić information content (AvgIpc) is 2.35. The Morgan fingerprint density at radius 2 is 1.12 bits per heavy atom. The zero-order valence-electron chi connectivity index (χ0n) is 10.4. The van der Waals surface area contributed by atoms with Gasteiger partial charge in [0.15, 0.2) is 0 Å². The molecule has 2 aromatic rings. The van der Waals surface area contributed by atoms with Gasteiger partial charge in [-0.2, -0.15) is 0 Å². The molecule has 0 radical (unpaired) electrons. The van der Waals surface area contributed by atoms with Gasteiger partial charge in [0.1, 0.15) is 0 Å². The van der Waals surface area contributed by atoms with Crippen molar-refractivity contribution in [2.75, 3.05) is 0 Å². The summed E-state index contributed by atoms with van der Waals surface area (Å²) in [6.07, 6.45) is 1.14. The first-order valence-corrected chi connectivity index (χ1v) is 5.80. The summed E-state index contributed by atoms with van der Waals surface area (Å²) in [5.74, 6) is 0. The molecule has 0 aliphatic heterocycles. The van der Waals surface area contributed by atoms with E-state index in [-0.39, 0.29) is 0 Å². The Balaban J connectivity index is 0.000000160. The van der Waals surface area contributed by atoms with Crippen molar-refractivity contribution in [1.82, 2.24) is 0 Å². The Kier molecular flexibility index (Phi) is 5.35. The zero-order valence-corrected chi connectivity index (χ0v) is 10.4. The SMILES string of the molecule is CCc1ccccc1.Cc1ccccc1C. The Morgan fingerprint density at radius 3 is 1.44 bits per heavy atom. The fourth-order valence-electron chi connectivity index (χ4n) is 1.38. The zero-order chi connectivity index (χ0) is 11.8. The second-order valence-electron chi connectivity index (χ2n) is 3.92. The first-order valence-electron chi connectivity index (χ1n) is 5.80. The third kappa shape index (κ3) is 4.31. The lowest BCUT2D eigenvalue weighted by molar-refractivity contribution is 1.14. The highest BCUT2D eigenvalue weighted by molar-refractivity contribution is 5.23. The van der Waals surface area contributed by atoms with Crippen LogP contribution in [0.1, 0.15) is 23.6 Å². The molecule has 0 unspecified atom stereocenters. The molecule has 0 aliphatic rings. The van der Waals surface area contributed by atoms with Crippen molar-refractivity contribution in [3.8, 4) is 0 Å². The Labute approximate surface area is 99.0 Å². The highest BCUT2D eigenvalue weighted by Crippen LogP contribution is 2.02. The molecule has 0 fully saturated rings. The van der Waals surface area contributed by atoms with Crippen molar-refractivity contribution >= 4 is 0 Å². The van der Waals surface area contributed by atoms with Crippen LogP contribution in [0.25, 0.3) is 0 Å². The van der Waals surface area contributed by atoms with Crippen LogP contribution >= 0.6 is 0 Å². The van der Waals surface area contributed by atoms with Crippen molar-refractivity contribution in [1.29, 1.82) is 0 Å². The summed E-state index contributed by atoms with van der Waals surface area (Å²) >= 11 is 0. The maximum Gasteiger partial charge on any atom is -0.0307 e. The largest absolute Gasteiger partial charge is 0.0622 e. The minimum atomic E-state index is 1.14. The first kappa shape index (κ1) is 12.5. The lowest BCUT2D eigenvalue weighted by atomic mass is 10.1. The third-order valence-electron chi connectivity index (χ3n) is 2.68. The fraction of sp³-hybridized carbons (Fsp3) is 0.250. The molecule has 0 spiro atoms. The molecule has 0 aromatic heterocycles. The molecule has 2 aromatic carbocycles. The topological polar surface area (TPSA) is 0 Å². The van der Waals surface area contributed by atoms with Gasteiger partial charge in [0, 0.05) is 0 Å². The molecule has 0 nitrogen and oxygen atoms in total. The molecule has 0 atom stereocenters. The Hall–Kier alpha value is -1.56. The quantitative estimate of drug-likeness (QED) is 0.650. The van der Waals surface area contributed by atoms with E-state index in [0.29, 0.717) is 0 Å². The van der Waals surface area contributed by atoms with E-state index in [9.17, 15) is 0 Å². The maximum absolute atomic E-state index is 2.16. The molecule has 16 heavy (non-hydrogen) atoms. The van der Waals surface area contributed by atoms with Crippen molar-refractivity contribution < 1.29 is 0 Å². The van der Waals surface area contributed by atoms with Crippen LogP contribution in [0.4, 0.5) is 0 Å². The molecule has 84 valence electrons. The van der Waals surface area contributed by atoms with Gasteiger partial charge in [-0.25, -0.2) is 0 Å². The van der Waals surface area contributed by atoms with Gasteiger partial charge in [0.25, 0.3) is 0 Å². The van der Waals surface area contributed by atoms with Crippen LogP contribution in [0.15, 0.2) is 54.6 Å². The monoisotopic (exact) mass is 212 g/mol. The van der Waals surface area contributed by atoms with Crippen molar-refractivity contribution in [3.05, 3.63) is 71.3 Å². The maximum atomic E-state index is 2.16. The molecule has 0 N–H and O–H groups in total. The summed E-state index contributed by atoms with van der Waals surface area (Å²) in [5.41, 5.74) is 4.15. The normalized spacial score (nSPS) is 9.19.